The number of likely N-dealkylation sites (tertiary alicyclic amines) is 2. The molecule has 26 heavy (non-hydrogen) atoms. The summed E-state index contributed by atoms with van der Waals surface area (Å²) in [4.78, 5) is 28.9. The molecule has 3 heterocycles. The van der Waals surface area contributed by atoms with Crippen molar-refractivity contribution >= 4 is 17.9 Å². The monoisotopic (exact) mass is 358 g/mol. The fourth-order valence-corrected chi connectivity index (χ4v) is 4.04. The third-order valence-electron chi connectivity index (χ3n) is 5.55. The lowest BCUT2D eigenvalue weighted by Gasteiger charge is -2.47. The van der Waals surface area contributed by atoms with Crippen molar-refractivity contribution in [3.05, 3.63) is 24.0 Å². The minimum atomic E-state index is 0.0536. The number of carbonyl (C=O) groups is 2. The highest BCUT2D eigenvalue weighted by atomic mass is 16.2. The highest BCUT2D eigenvalue weighted by molar-refractivity contribution is 5.91. The van der Waals surface area contributed by atoms with E-state index in [4.69, 9.17) is 0 Å². The maximum absolute atomic E-state index is 12.5. The van der Waals surface area contributed by atoms with E-state index in [9.17, 15) is 9.59 Å². The van der Waals surface area contributed by atoms with Crippen LogP contribution in [-0.2, 0) is 16.6 Å². The number of hydrogen-bond donors (Lipinski definition) is 0. The molecule has 1 aromatic heterocycles. The number of fused-ring (bicyclic) bond motifs is 1. The molecule has 0 bridgehead atoms. The van der Waals surface area contributed by atoms with E-state index in [1.165, 1.54) is 0 Å². The number of amides is 2. The van der Waals surface area contributed by atoms with Crippen molar-refractivity contribution in [3.8, 4) is 0 Å². The van der Waals surface area contributed by atoms with Crippen molar-refractivity contribution < 1.29 is 9.59 Å². The number of aryl methyl sites for hydroxylation is 1. The minimum Gasteiger partial charge on any atom is -0.339 e. The number of carbonyl (C=O) groups excluding carboxylic acids is 2. The van der Waals surface area contributed by atoms with E-state index in [1.807, 2.05) is 24.2 Å². The highest BCUT2D eigenvalue weighted by Crippen LogP contribution is 2.31. The summed E-state index contributed by atoms with van der Waals surface area (Å²) in [6.45, 7) is 6.73. The molecule has 6 nitrogen and oxygen atoms in total. The van der Waals surface area contributed by atoms with Gasteiger partial charge in [-0.1, -0.05) is 13.8 Å². The van der Waals surface area contributed by atoms with E-state index in [0.717, 1.165) is 44.5 Å². The molecule has 2 aliphatic heterocycles. The Morgan fingerprint density at radius 3 is 2.88 bits per heavy atom. The van der Waals surface area contributed by atoms with Gasteiger partial charge in [-0.05, 0) is 37.2 Å². The summed E-state index contributed by atoms with van der Waals surface area (Å²) in [5, 5.41) is 4.11. The van der Waals surface area contributed by atoms with E-state index in [2.05, 4.69) is 23.8 Å². The first kappa shape index (κ1) is 18.7. The average molecular weight is 358 g/mol. The Hall–Kier alpha value is -2.11. The van der Waals surface area contributed by atoms with E-state index in [-0.39, 0.29) is 5.91 Å². The van der Waals surface area contributed by atoms with E-state index < -0.39 is 0 Å². The van der Waals surface area contributed by atoms with Crippen LogP contribution in [0.3, 0.4) is 0 Å². The molecule has 2 saturated heterocycles. The third-order valence-corrected chi connectivity index (χ3v) is 5.55. The zero-order valence-corrected chi connectivity index (χ0v) is 16.1. The third kappa shape index (κ3) is 4.34. The lowest BCUT2D eigenvalue weighted by Crippen LogP contribution is -2.57. The molecule has 142 valence electrons. The van der Waals surface area contributed by atoms with Gasteiger partial charge in [0.2, 0.25) is 11.8 Å². The van der Waals surface area contributed by atoms with Crippen LogP contribution >= 0.6 is 0 Å². The number of nitrogens with zero attached hydrogens (tertiary/aromatic N) is 4. The van der Waals surface area contributed by atoms with Crippen molar-refractivity contribution in [1.82, 2.24) is 19.6 Å². The van der Waals surface area contributed by atoms with E-state index in [1.54, 1.807) is 17.0 Å². The lowest BCUT2D eigenvalue weighted by atomic mass is 9.83. The van der Waals surface area contributed by atoms with Crippen molar-refractivity contribution in [2.45, 2.75) is 45.6 Å². The van der Waals surface area contributed by atoms with Gasteiger partial charge in [-0.15, -0.1) is 0 Å². The second-order valence-corrected chi connectivity index (χ2v) is 7.99. The van der Waals surface area contributed by atoms with Crippen LogP contribution in [0.4, 0.5) is 0 Å². The number of hydrogen-bond acceptors (Lipinski definition) is 3. The van der Waals surface area contributed by atoms with Gasteiger partial charge in [-0.25, -0.2) is 0 Å². The van der Waals surface area contributed by atoms with Crippen molar-refractivity contribution in [2.75, 3.05) is 19.6 Å². The quantitative estimate of drug-likeness (QED) is 0.759. The standard InChI is InChI=1S/C20H30N4O2/c1-15(2)8-11-24-18-9-10-23(14-17(18)5-7-20(24)26)19(25)6-4-16-12-21-22(3)13-16/h4,6,12-13,15,17-18H,5,7-11,14H2,1-3H3/b6-4+/t17-,18+/m0/s1. The van der Waals surface area contributed by atoms with Crippen LogP contribution in [0.2, 0.25) is 0 Å². The Kier molecular flexibility index (Phi) is 5.79. The fourth-order valence-electron chi connectivity index (χ4n) is 4.04. The second-order valence-electron chi connectivity index (χ2n) is 7.99. The molecule has 6 heteroatoms. The van der Waals surface area contributed by atoms with E-state index in [0.29, 0.717) is 30.2 Å². The van der Waals surface area contributed by atoms with Gasteiger partial charge in [-0.2, -0.15) is 5.10 Å². The molecule has 2 amide bonds. The summed E-state index contributed by atoms with van der Waals surface area (Å²) in [6.07, 6.45) is 10.5. The lowest BCUT2D eigenvalue weighted by molar-refractivity contribution is -0.143. The molecule has 0 aliphatic carbocycles. The predicted octanol–water partition coefficient (Wildman–Crippen LogP) is 2.32. The maximum atomic E-state index is 12.5. The molecular weight excluding hydrogens is 328 g/mol. The van der Waals surface area contributed by atoms with Crippen LogP contribution in [0, 0.1) is 11.8 Å². The maximum Gasteiger partial charge on any atom is 0.246 e. The summed E-state index contributed by atoms with van der Waals surface area (Å²) in [7, 11) is 1.86. The Balaban J connectivity index is 1.59. The zero-order chi connectivity index (χ0) is 18.7. The van der Waals surface area contributed by atoms with Gasteiger partial charge in [0, 0.05) is 57.0 Å². The first-order valence-electron chi connectivity index (χ1n) is 9.69. The number of rotatable bonds is 5. The zero-order valence-electron chi connectivity index (χ0n) is 16.1. The molecule has 1 aromatic rings. The summed E-state index contributed by atoms with van der Waals surface area (Å²) in [5.41, 5.74) is 0.929. The molecule has 0 N–H and O–H groups in total. The van der Waals surface area contributed by atoms with Crippen LogP contribution in [0.25, 0.3) is 6.08 Å². The van der Waals surface area contributed by atoms with Gasteiger partial charge in [0.1, 0.15) is 0 Å². The van der Waals surface area contributed by atoms with Gasteiger partial charge in [0.15, 0.2) is 0 Å². The van der Waals surface area contributed by atoms with Gasteiger partial charge in [0.25, 0.3) is 0 Å². The van der Waals surface area contributed by atoms with Crippen LogP contribution < -0.4 is 0 Å². The topological polar surface area (TPSA) is 58.4 Å². The van der Waals surface area contributed by atoms with Crippen LogP contribution in [0.5, 0.6) is 0 Å². The Labute approximate surface area is 155 Å². The van der Waals surface area contributed by atoms with Crippen LogP contribution in [0.15, 0.2) is 18.5 Å². The van der Waals surface area contributed by atoms with Crippen molar-refractivity contribution in [1.29, 1.82) is 0 Å². The van der Waals surface area contributed by atoms with Crippen LogP contribution in [0.1, 0.15) is 45.1 Å². The van der Waals surface area contributed by atoms with Crippen LogP contribution in [-0.4, -0.2) is 57.1 Å². The fraction of sp³-hybridized carbons (Fsp3) is 0.650. The molecule has 0 saturated carbocycles. The van der Waals surface area contributed by atoms with Gasteiger partial charge in [0.05, 0.1) is 6.20 Å². The molecule has 0 unspecified atom stereocenters. The average Bonchev–Trinajstić information content (AvgIpc) is 3.03. The Morgan fingerprint density at radius 1 is 1.38 bits per heavy atom. The molecule has 2 fully saturated rings. The molecule has 0 spiro atoms. The molecule has 0 radical (unpaired) electrons. The van der Waals surface area contributed by atoms with Gasteiger partial charge < -0.3 is 9.80 Å². The SMILES string of the molecule is CC(C)CCN1C(=O)CC[C@H]2CN(C(=O)/C=C/c3cnn(C)c3)CC[C@H]21. The molecular formula is C20H30N4O2. The molecule has 3 rings (SSSR count). The Morgan fingerprint density at radius 2 is 2.19 bits per heavy atom. The molecule has 2 atom stereocenters. The number of piperidine rings is 2. The molecule has 0 aromatic carbocycles. The van der Waals surface area contributed by atoms with Gasteiger partial charge in [-0.3, -0.25) is 14.3 Å². The normalized spacial score (nSPS) is 23.8. The molecule has 2 aliphatic rings. The van der Waals surface area contributed by atoms with E-state index >= 15 is 0 Å². The van der Waals surface area contributed by atoms with Gasteiger partial charge >= 0.3 is 0 Å². The van der Waals surface area contributed by atoms with Crippen molar-refractivity contribution in [2.24, 2.45) is 18.9 Å². The largest absolute Gasteiger partial charge is 0.339 e. The predicted molar refractivity (Wildman–Crippen MR) is 101 cm³/mol. The summed E-state index contributed by atoms with van der Waals surface area (Å²) < 4.78 is 1.72. The van der Waals surface area contributed by atoms with Crippen molar-refractivity contribution in [3.63, 3.8) is 0 Å². The summed E-state index contributed by atoms with van der Waals surface area (Å²) in [5.74, 6) is 1.35. The second kappa shape index (κ2) is 8.06. The summed E-state index contributed by atoms with van der Waals surface area (Å²) >= 11 is 0. The minimum absolute atomic E-state index is 0.0536. The highest BCUT2D eigenvalue weighted by Gasteiger charge is 2.39. The first-order valence-corrected chi connectivity index (χ1v) is 9.69. The smallest absolute Gasteiger partial charge is 0.246 e. The summed E-state index contributed by atoms with van der Waals surface area (Å²) in [6, 6.07) is 0.307. The first-order chi connectivity index (χ1) is 12.4. The Bertz CT molecular complexity index is 679. The number of aromatic nitrogens is 2.